The first kappa shape index (κ1) is 15.0. The van der Waals surface area contributed by atoms with Crippen LogP contribution < -0.4 is 10.2 Å². The maximum absolute atomic E-state index is 12.3. The van der Waals surface area contributed by atoms with Crippen LogP contribution in [0.15, 0.2) is 46.2 Å². The van der Waals surface area contributed by atoms with Gasteiger partial charge in [0, 0.05) is 5.92 Å². The molecule has 1 saturated carbocycles. The Morgan fingerprint density at radius 1 is 1.08 bits per heavy atom. The number of ketones is 1. The van der Waals surface area contributed by atoms with Crippen molar-refractivity contribution in [2.24, 2.45) is 0 Å². The van der Waals surface area contributed by atoms with Gasteiger partial charge in [0.05, 0.1) is 26.7 Å². The molecule has 1 fully saturated rings. The molecule has 124 valence electrons. The summed E-state index contributed by atoms with van der Waals surface area (Å²) in [5, 5.41) is 0. The minimum absolute atomic E-state index is 0.122. The number of carbonyl (C=O) groups excluding carboxylic acids is 1. The standard InChI is InChI=1S/C19H18O5/c1-22-16-7-6-13-11(9-14(16)20)12-5-4-10-8-15(21)17(23-2)18(24-3)19(10,12)13/h6-9,12H,4-5H2,1-3H3/t12-,19+/m1/s1. The molecule has 3 aliphatic carbocycles. The highest BCUT2D eigenvalue weighted by Crippen LogP contribution is 2.68. The van der Waals surface area contributed by atoms with E-state index in [1.54, 1.807) is 25.3 Å². The van der Waals surface area contributed by atoms with Gasteiger partial charge >= 0.3 is 0 Å². The molecular weight excluding hydrogens is 308 g/mol. The molecule has 0 aromatic heterocycles. The molecular formula is C19H18O5. The third-order valence-corrected chi connectivity index (χ3v) is 5.50. The number of hydrogen-bond donors (Lipinski definition) is 0. The van der Waals surface area contributed by atoms with Crippen molar-refractivity contribution in [1.82, 2.24) is 0 Å². The highest BCUT2D eigenvalue weighted by Gasteiger charge is 2.63. The minimum atomic E-state index is -0.486. The summed E-state index contributed by atoms with van der Waals surface area (Å²) in [5.74, 6) is 1.08. The van der Waals surface area contributed by atoms with E-state index in [0.717, 1.165) is 29.5 Å². The number of rotatable bonds is 3. The Hall–Kier alpha value is -2.56. The van der Waals surface area contributed by atoms with E-state index in [4.69, 9.17) is 14.2 Å². The van der Waals surface area contributed by atoms with Crippen molar-refractivity contribution >= 4 is 5.78 Å². The molecule has 5 heteroatoms. The average Bonchev–Trinajstić information content (AvgIpc) is 2.81. The Labute approximate surface area is 139 Å². The van der Waals surface area contributed by atoms with Gasteiger partial charge in [-0.3, -0.25) is 9.59 Å². The van der Waals surface area contributed by atoms with Crippen LogP contribution in [0.2, 0.25) is 0 Å². The van der Waals surface area contributed by atoms with Crippen molar-refractivity contribution in [3.05, 3.63) is 62.7 Å². The van der Waals surface area contributed by atoms with Crippen molar-refractivity contribution < 1.29 is 19.0 Å². The second-order valence-corrected chi connectivity index (χ2v) is 6.28. The molecule has 1 aromatic rings. The van der Waals surface area contributed by atoms with Crippen molar-refractivity contribution in [3.63, 3.8) is 0 Å². The average molecular weight is 326 g/mol. The second-order valence-electron chi connectivity index (χ2n) is 6.28. The van der Waals surface area contributed by atoms with Crippen LogP contribution in [0, 0.1) is 0 Å². The van der Waals surface area contributed by atoms with Gasteiger partial charge in [-0.25, -0.2) is 0 Å². The number of ether oxygens (including phenoxy) is 3. The Balaban J connectivity index is 2.03. The third-order valence-electron chi connectivity index (χ3n) is 5.50. The lowest BCUT2D eigenvalue weighted by atomic mass is 9.54. The smallest absolute Gasteiger partial charge is 0.223 e. The molecule has 0 saturated heterocycles. The van der Waals surface area contributed by atoms with Crippen LogP contribution in [-0.2, 0) is 19.7 Å². The van der Waals surface area contributed by atoms with Gasteiger partial charge in [-0.1, -0.05) is 6.07 Å². The van der Waals surface area contributed by atoms with Crippen LogP contribution in [0.3, 0.4) is 0 Å². The highest BCUT2D eigenvalue weighted by atomic mass is 16.5. The highest BCUT2D eigenvalue weighted by molar-refractivity contribution is 6.06. The maximum atomic E-state index is 12.3. The number of fused-ring (bicyclic) bond motifs is 2. The molecule has 24 heavy (non-hydrogen) atoms. The quantitative estimate of drug-likeness (QED) is 0.852. The summed E-state index contributed by atoms with van der Waals surface area (Å²) < 4.78 is 16.2. The van der Waals surface area contributed by atoms with E-state index in [1.807, 2.05) is 6.07 Å². The first-order chi connectivity index (χ1) is 11.6. The number of methoxy groups -OCH3 is 3. The zero-order valence-corrected chi connectivity index (χ0v) is 13.8. The fraction of sp³-hybridized carbons (Fsp3) is 0.368. The summed E-state index contributed by atoms with van der Waals surface area (Å²) in [6, 6.07) is 5.26. The third kappa shape index (κ3) is 1.54. The monoisotopic (exact) mass is 326 g/mol. The van der Waals surface area contributed by atoms with Crippen LogP contribution in [0.4, 0.5) is 0 Å². The topological polar surface area (TPSA) is 61.8 Å². The largest absolute Gasteiger partial charge is 0.496 e. The van der Waals surface area contributed by atoms with Crippen LogP contribution in [0.1, 0.15) is 29.9 Å². The first-order valence-corrected chi connectivity index (χ1v) is 7.90. The molecule has 3 aliphatic rings. The molecule has 0 radical (unpaired) electrons. The lowest BCUT2D eigenvalue weighted by Crippen LogP contribution is -2.46. The number of carbonyl (C=O) groups is 1. The normalized spacial score (nSPS) is 26.7. The molecule has 0 aliphatic heterocycles. The second kappa shape index (κ2) is 4.97. The van der Waals surface area contributed by atoms with E-state index in [0.29, 0.717) is 11.5 Å². The summed E-state index contributed by atoms with van der Waals surface area (Å²) >= 11 is 0. The Bertz CT molecular complexity index is 880. The van der Waals surface area contributed by atoms with Gasteiger partial charge in [0.2, 0.25) is 17.0 Å². The fourth-order valence-electron chi connectivity index (χ4n) is 4.63. The number of hydrogen-bond acceptors (Lipinski definition) is 5. The van der Waals surface area contributed by atoms with Crippen molar-refractivity contribution in [2.45, 2.75) is 24.2 Å². The SMILES string of the molecule is COC1=C(OC)[C@@]23C(=CC1=O)CC[C@@H]2c1cc(=O)c(OC)ccc13. The van der Waals surface area contributed by atoms with Gasteiger partial charge in [-0.05, 0) is 47.8 Å². The summed E-state index contributed by atoms with van der Waals surface area (Å²) in [6.07, 6.45) is 3.36. The first-order valence-electron chi connectivity index (χ1n) is 7.90. The van der Waals surface area contributed by atoms with Gasteiger partial charge in [0.15, 0.2) is 11.5 Å². The Morgan fingerprint density at radius 2 is 1.88 bits per heavy atom. The molecule has 5 nitrogen and oxygen atoms in total. The summed E-state index contributed by atoms with van der Waals surface area (Å²) in [7, 11) is 4.53. The van der Waals surface area contributed by atoms with Crippen LogP contribution in [0.5, 0.6) is 5.75 Å². The van der Waals surface area contributed by atoms with Gasteiger partial charge in [-0.15, -0.1) is 0 Å². The summed E-state index contributed by atoms with van der Waals surface area (Å²) in [5.41, 5.74) is 2.43. The van der Waals surface area contributed by atoms with Gasteiger partial charge < -0.3 is 14.2 Å². The van der Waals surface area contributed by atoms with E-state index in [9.17, 15) is 9.59 Å². The molecule has 0 bridgehead atoms. The summed E-state index contributed by atoms with van der Waals surface area (Å²) in [6.45, 7) is 0. The van der Waals surface area contributed by atoms with Gasteiger partial charge in [-0.2, -0.15) is 0 Å². The van der Waals surface area contributed by atoms with E-state index in [-0.39, 0.29) is 22.9 Å². The van der Waals surface area contributed by atoms with Gasteiger partial charge in [0.25, 0.3) is 0 Å². The van der Waals surface area contributed by atoms with E-state index in [2.05, 4.69) is 0 Å². The van der Waals surface area contributed by atoms with Crippen molar-refractivity contribution in [1.29, 1.82) is 0 Å². The maximum Gasteiger partial charge on any atom is 0.223 e. The number of allylic oxidation sites excluding steroid dienone is 2. The van der Waals surface area contributed by atoms with E-state index in [1.165, 1.54) is 14.2 Å². The lowest BCUT2D eigenvalue weighted by Gasteiger charge is -2.49. The Kier molecular flexibility index (Phi) is 3.10. The lowest BCUT2D eigenvalue weighted by molar-refractivity contribution is -0.115. The zero-order valence-electron chi connectivity index (χ0n) is 13.8. The van der Waals surface area contributed by atoms with E-state index < -0.39 is 5.41 Å². The fourth-order valence-corrected chi connectivity index (χ4v) is 4.63. The van der Waals surface area contributed by atoms with Crippen molar-refractivity contribution in [3.8, 4) is 5.75 Å². The minimum Gasteiger partial charge on any atom is -0.496 e. The molecule has 1 spiro atoms. The predicted molar refractivity (Wildman–Crippen MR) is 87.1 cm³/mol. The predicted octanol–water partition coefficient (Wildman–Crippen LogP) is 2.20. The summed E-state index contributed by atoms with van der Waals surface area (Å²) in [4.78, 5) is 24.6. The van der Waals surface area contributed by atoms with Gasteiger partial charge in [0.1, 0.15) is 0 Å². The molecule has 0 heterocycles. The molecule has 2 atom stereocenters. The van der Waals surface area contributed by atoms with Crippen LogP contribution >= 0.6 is 0 Å². The molecule has 0 unspecified atom stereocenters. The molecule has 1 aromatic carbocycles. The molecule has 4 rings (SSSR count). The molecule has 0 N–H and O–H groups in total. The van der Waals surface area contributed by atoms with Crippen molar-refractivity contribution in [2.75, 3.05) is 21.3 Å². The molecule has 0 amide bonds. The Morgan fingerprint density at radius 3 is 2.54 bits per heavy atom. The zero-order chi connectivity index (χ0) is 17.1. The van der Waals surface area contributed by atoms with Crippen LogP contribution in [0.25, 0.3) is 0 Å². The van der Waals surface area contributed by atoms with E-state index >= 15 is 0 Å². The van der Waals surface area contributed by atoms with Crippen LogP contribution in [-0.4, -0.2) is 27.1 Å².